The number of nitrogens with zero attached hydrogens (tertiary/aromatic N) is 1. The molecule has 1 fully saturated rings. The van der Waals surface area contributed by atoms with Crippen LogP contribution in [0.5, 0.6) is 0 Å². The first-order valence-corrected chi connectivity index (χ1v) is 10.2. The Morgan fingerprint density at radius 2 is 2.19 bits per heavy atom. The Morgan fingerprint density at radius 3 is 2.88 bits per heavy atom. The fourth-order valence-electron chi connectivity index (χ4n) is 3.45. The third-order valence-electron chi connectivity index (χ3n) is 4.94. The van der Waals surface area contributed by atoms with E-state index in [0.29, 0.717) is 11.0 Å². The summed E-state index contributed by atoms with van der Waals surface area (Å²) in [7, 11) is 0. The lowest BCUT2D eigenvalue weighted by molar-refractivity contribution is 0.0902. The Hall–Kier alpha value is -1.72. The number of aryl methyl sites for hydroxylation is 3. The highest BCUT2D eigenvalue weighted by molar-refractivity contribution is 7.17. The van der Waals surface area contributed by atoms with E-state index < -0.39 is 0 Å². The highest BCUT2D eigenvalue weighted by Crippen LogP contribution is 2.30. The first-order chi connectivity index (χ1) is 12.4. The second-order valence-corrected chi connectivity index (χ2v) is 8.34. The van der Waals surface area contributed by atoms with E-state index in [1.54, 1.807) is 0 Å². The van der Waals surface area contributed by atoms with E-state index in [1.165, 1.54) is 22.5 Å². The minimum absolute atomic E-state index is 0.0177. The van der Waals surface area contributed by atoms with Crippen LogP contribution in [0.3, 0.4) is 0 Å². The third kappa shape index (κ3) is 4.51. The maximum Gasteiger partial charge on any atom is 0.263 e. The van der Waals surface area contributed by atoms with Gasteiger partial charge >= 0.3 is 0 Å². The molecule has 1 amide bonds. The van der Waals surface area contributed by atoms with Gasteiger partial charge in [0, 0.05) is 18.2 Å². The van der Waals surface area contributed by atoms with Crippen molar-refractivity contribution < 1.29 is 9.53 Å². The Kier molecular flexibility index (Phi) is 6.09. The number of carbonyl (C=O) groups is 1. The SMILES string of the molecule is Cc1ccc(-c2nc(C)c(C(=O)N[C@H](C)CC[C@@H]3CCCO3)s2)c(C)c1. The van der Waals surface area contributed by atoms with Crippen LogP contribution in [-0.4, -0.2) is 29.6 Å². The molecule has 0 aliphatic carbocycles. The molecule has 1 N–H and O–H groups in total. The zero-order valence-corrected chi connectivity index (χ0v) is 16.9. The Morgan fingerprint density at radius 1 is 1.38 bits per heavy atom. The van der Waals surface area contributed by atoms with Gasteiger partial charge in [0.15, 0.2) is 0 Å². The van der Waals surface area contributed by atoms with E-state index in [4.69, 9.17) is 4.74 Å². The van der Waals surface area contributed by atoms with Crippen molar-refractivity contribution in [1.82, 2.24) is 10.3 Å². The molecule has 0 spiro atoms. The smallest absolute Gasteiger partial charge is 0.263 e. The normalized spacial score (nSPS) is 18.1. The predicted octanol–water partition coefficient (Wildman–Crippen LogP) is 4.81. The van der Waals surface area contributed by atoms with Gasteiger partial charge in [-0.15, -0.1) is 11.3 Å². The molecule has 1 saturated heterocycles. The third-order valence-corrected chi connectivity index (χ3v) is 6.13. The molecule has 0 bridgehead atoms. The van der Waals surface area contributed by atoms with Crippen molar-refractivity contribution in [3.05, 3.63) is 39.9 Å². The summed E-state index contributed by atoms with van der Waals surface area (Å²) in [6.45, 7) is 9.03. The van der Waals surface area contributed by atoms with Crippen LogP contribution in [0.2, 0.25) is 0 Å². The first-order valence-electron chi connectivity index (χ1n) is 9.41. The standard InChI is InChI=1S/C21H28N2O2S/c1-13-7-10-18(14(2)12-13)21-23-16(4)19(26-21)20(24)22-15(3)8-9-17-6-5-11-25-17/h7,10,12,15,17H,5-6,8-9,11H2,1-4H3,(H,22,24)/t15-,17+/m1/s1. The molecular formula is C21H28N2O2S. The van der Waals surface area contributed by atoms with Crippen molar-refractivity contribution in [2.24, 2.45) is 0 Å². The quantitative estimate of drug-likeness (QED) is 0.791. The minimum atomic E-state index is -0.0177. The number of carbonyl (C=O) groups excluding carboxylic acids is 1. The second-order valence-electron chi connectivity index (χ2n) is 7.34. The van der Waals surface area contributed by atoms with Gasteiger partial charge < -0.3 is 10.1 Å². The highest BCUT2D eigenvalue weighted by atomic mass is 32.1. The molecule has 1 aliphatic heterocycles. The van der Waals surface area contributed by atoms with Gasteiger partial charge in [-0.25, -0.2) is 4.98 Å². The molecule has 2 aromatic rings. The number of nitrogens with one attached hydrogen (secondary N) is 1. The Bertz CT molecular complexity index is 778. The molecule has 0 saturated carbocycles. The minimum Gasteiger partial charge on any atom is -0.378 e. The monoisotopic (exact) mass is 372 g/mol. The van der Waals surface area contributed by atoms with E-state index in [0.717, 1.165) is 48.6 Å². The molecule has 26 heavy (non-hydrogen) atoms. The molecule has 1 aliphatic rings. The molecule has 1 aromatic carbocycles. The first kappa shape index (κ1) is 19.1. The van der Waals surface area contributed by atoms with E-state index in [9.17, 15) is 4.79 Å². The molecule has 3 rings (SSSR count). The van der Waals surface area contributed by atoms with E-state index >= 15 is 0 Å². The van der Waals surface area contributed by atoms with Crippen molar-refractivity contribution in [2.45, 2.75) is 65.5 Å². The summed E-state index contributed by atoms with van der Waals surface area (Å²) >= 11 is 1.48. The summed E-state index contributed by atoms with van der Waals surface area (Å²) in [4.78, 5) is 18.0. The number of aromatic nitrogens is 1. The van der Waals surface area contributed by atoms with E-state index in [-0.39, 0.29) is 11.9 Å². The number of amides is 1. The topological polar surface area (TPSA) is 51.2 Å². The van der Waals surface area contributed by atoms with Gasteiger partial charge in [0.1, 0.15) is 9.88 Å². The number of ether oxygens (including phenoxy) is 1. The van der Waals surface area contributed by atoms with Crippen molar-refractivity contribution in [3.63, 3.8) is 0 Å². The average Bonchev–Trinajstić information content (AvgIpc) is 3.22. The van der Waals surface area contributed by atoms with E-state index in [2.05, 4.69) is 49.3 Å². The fourth-order valence-corrected chi connectivity index (χ4v) is 4.51. The zero-order chi connectivity index (χ0) is 18.7. The largest absolute Gasteiger partial charge is 0.378 e. The molecule has 0 unspecified atom stereocenters. The molecule has 4 nitrogen and oxygen atoms in total. The summed E-state index contributed by atoms with van der Waals surface area (Å²) in [6, 6.07) is 6.47. The summed E-state index contributed by atoms with van der Waals surface area (Å²) in [5, 5.41) is 4.04. The van der Waals surface area contributed by atoms with Crippen molar-refractivity contribution in [2.75, 3.05) is 6.61 Å². The van der Waals surface area contributed by atoms with Crippen molar-refractivity contribution in [3.8, 4) is 10.6 Å². The van der Waals surface area contributed by atoms with Crippen molar-refractivity contribution in [1.29, 1.82) is 0 Å². The summed E-state index contributed by atoms with van der Waals surface area (Å²) in [6.07, 6.45) is 4.63. The number of rotatable bonds is 6. The van der Waals surface area contributed by atoms with Crippen LogP contribution >= 0.6 is 11.3 Å². The van der Waals surface area contributed by atoms with Crippen LogP contribution in [0.15, 0.2) is 18.2 Å². The van der Waals surface area contributed by atoms with Gasteiger partial charge in [0.25, 0.3) is 5.91 Å². The molecule has 140 valence electrons. The average molecular weight is 373 g/mol. The number of hydrogen-bond donors (Lipinski definition) is 1. The lowest BCUT2D eigenvalue weighted by Crippen LogP contribution is -2.33. The molecular weight excluding hydrogens is 344 g/mol. The molecule has 2 atom stereocenters. The maximum atomic E-state index is 12.7. The Balaban J connectivity index is 1.65. The molecule has 2 heterocycles. The van der Waals surface area contributed by atoms with Gasteiger partial charge in [0.05, 0.1) is 11.8 Å². The Labute approximate surface area is 160 Å². The second kappa shape index (κ2) is 8.31. The van der Waals surface area contributed by atoms with Crippen LogP contribution < -0.4 is 5.32 Å². The lowest BCUT2D eigenvalue weighted by atomic mass is 10.1. The zero-order valence-electron chi connectivity index (χ0n) is 16.1. The van der Waals surface area contributed by atoms with Gasteiger partial charge in [-0.05, 0) is 58.9 Å². The number of thiazole rings is 1. The van der Waals surface area contributed by atoms with Crippen LogP contribution in [-0.2, 0) is 4.74 Å². The summed E-state index contributed by atoms with van der Waals surface area (Å²) in [5.41, 5.74) is 4.33. The summed E-state index contributed by atoms with van der Waals surface area (Å²) in [5.74, 6) is -0.0177. The van der Waals surface area contributed by atoms with Gasteiger partial charge in [-0.3, -0.25) is 4.79 Å². The van der Waals surface area contributed by atoms with Crippen LogP contribution in [0.4, 0.5) is 0 Å². The van der Waals surface area contributed by atoms with Crippen LogP contribution in [0.25, 0.3) is 10.6 Å². The molecule has 0 radical (unpaired) electrons. The molecule has 5 heteroatoms. The maximum absolute atomic E-state index is 12.7. The van der Waals surface area contributed by atoms with Gasteiger partial charge in [-0.1, -0.05) is 23.8 Å². The molecule has 1 aromatic heterocycles. The van der Waals surface area contributed by atoms with Crippen molar-refractivity contribution >= 4 is 17.2 Å². The highest BCUT2D eigenvalue weighted by Gasteiger charge is 2.20. The van der Waals surface area contributed by atoms with Gasteiger partial charge in [-0.2, -0.15) is 0 Å². The van der Waals surface area contributed by atoms with Crippen LogP contribution in [0, 0.1) is 20.8 Å². The van der Waals surface area contributed by atoms with E-state index in [1.807, 2.05) is 6.92 Å². The van der Waals surface area contributed by atoms with Gasteiger partial charge in [0.2, 0.25) is 0 Å². The number of hydrogen-bond acceptors (Lipinski definition) is 4. The lowest BCUT2D eigenvalue weighted by Gasteiger charge is -2.16. The predicted molar refractivity (Wildman–Crippen MR) is 107 cm³/mol. The number of benzene rings is 1. The van der Waals surface area contributed by atoms with Crippen LogP contribution in [0.1, 0.15) is 59.1 Å². The fraction of sp³-hybridized carbons (Fsp3) is 0.524. The summed E-state index contributed by atoms with van der Waals surface area (Å²) < 4.78 is 5.66.